The molecule has 7 heteroatoms. The van der Waals surface area contributed by atoms with Crippen molar-refractivity contribution in [1.29, 1.82) is 0 Å². The highest BCUT2D eigenvalue weighted by atomic mass is 35.5. The van der Waals surface area contributed by atoms with E-state index in [2.05, 4.69) is 20.5 Å². The molecular weight excluding hydrogens is 436 g/mol. The fourth-order valence-electron chi connectivity index (χ4n) is 4.11. The molecule has 1 saturated heterocycles. The largest absolute Gasteiger partial charge is 0.371 e. The first-order valence-electron chi connectivity index (χ1n) is 11.2. The van der Waals surface area contributed by atoms with E-state index in [0.717, 1.165) is 32.4 Å². The summed E-state index contributed by atoms with van der Waals surface area (Å²) in [7, 11) is 0. The Morgan fingerprint density at radius 2 is 1.73 bits per heavy atom. The molecule has 0 radical (unpaired) electrons. The van der Waals surface area contributed by atoms with Gasteiger partial charge in [0.15, 0.2) is 0 Å². The number of nitrogens with zero attached hydrogens (tertiary/aromatic N) is 2. The van der Waals surface area contributed by atoms with Crippen molar-refractivity contribution in [3.05, 3.63) is 89.2 Å². The van der Waals surface area contributed by atoms with Gasteiger partial charge in [0.1, 0.15) is 0 Å². The van der Waals surface area contributed by atoms with Crippen LogP contribution in [-0.2, 0) is 0 Å². The highest BCUT2D eigenvalue weighted by Gasteiger charge is 2.19. The summed E-state index contributed by atoms with van der Waals surface area (Å²) < 4.78 is 0. The summed E-state index contributed by atoms with van der Waals surface area (Å²) in [6, 6.07) is 17.9. The Labute approximate surface area is 199 Å². The molecule has 2 amide bonds. The summed E-state index contributed by atoms with van der Waals surface area (Å²) in [6.07, 6.45) is 6.84. The van der Waals surface area contributed by atoms with Crippen molar-refractivity contribution in [3.63, 3.8) is 0 Å². The minimum Gasteiger partial charge on any atom is -0.371 e. The van der Waals surface area contributed by atoms with Gasteiger partial charge in [-0.15, -0.1) is 0 Å². The quantitative estimate of drug-likeness (QED) is 0.516. The molecule has 170 valence electrons. The van der Waals surface area contributed by atoms with Gasteiger partial charge in [0.25, 0.3) is 11.8 Å². The maximum Gasteiger partial charge on any atom is 0.257 e. The van der Waals surface area contributed by atoms with Gasteiger partial charge in [0.2, 0.25) is 0 Å². The first kappa shape index (κ1) is 22.8. The first-order valence-corrected chi connectivity index (χ1v) is 11.6. The zero-order chi connectivity index (χ0) is 23.0. The zero-order valence-corrected chi connectivity index (χ0v) is 19.1. The molecule has 2 heterocycles. The first-order chi connectivity index (χ1) is 16.1. The molecule has 1 fully saturated rings. The van der Waals surface area contributed by atoms with Crippen LogP contribution >= 0.6 is 11.6 Å². The van der Waals surface area contributed by atoms with Crippen molar-refractivity contribution in [2.45, 2.75) is 19.3 Å². The Bertz CT molecular complexity index is 1100. The molecule has 6 nitrogen and oxygen atoms in total. The summed E-state index contributed by atoms with van der Waals surface area (Å²) in [5.41, 5.74) is 2.68. The maximum atomic E-state index is 12.6. The Balaban J connectivity index is 1.24. The Hall–Kier alpha value is -3.38. The lowest BCUT2D eigenvalue weighted by atomic mass is 9.93. The van der Waals surface area contributed by atoms with Gasteiger partial charge in [-0.05, 0) is 67.6 Å². The number of benzene rings is 2. The Morgan fingerprint density at radius 1 is 0.970 bits per heavy atom. The molecule has 1 aliphatic rings. The number of nitrogens with one attached hydrogen (secondary N) is 2. The number of halogens is 1. The van der Waals surface area contributed by atoms with Crippen molar-refractivity contribution in [2.24, 2.45) is 5.92 Å². The topological polar surface area (TPSA) is 74.3 Å². The predicted molar refractivity (Wildman–Crippen MR) is 132 cm³/mol. The van der Waals surface area contributed by atoms with E-state index in [1.165, 1.54) is 5.69 Å². The highest BCUT2D eigenvalue weighted by molar-refractivity contribution is 6.34. The minimum absolute atomic E-state index is 0.141. The van der Waals surface area contributed by atoms with Crippen molar-refractivity contribution >= 4 is 34.8 Å². The fourth-order valence-corrected chi connectivity index (χ4v) is 4.33. The second-order valence-corrected chi connectivity index (χ2v) is 8.60. The van der Waals surface area contributed by atoms with Crippen molar-refractivity contribution in [3.8, 4) is 0 Å². The van der Waals surface area contributed by atoms with Crippen LogP contribution in [0.2, 0.25) is 5.02 Å². The third-order valence-electron chi connectivity index (χ3n) is 5.98. The standard InChI is InChI=1S/C26H27ClN4O2/c27-24-7-2-1-6-23(24)26(33)30-21-5-3-4-20(18-21)25(32)29-15-8-19-11-16-31(17-12-19)22-9-13-28-14-10-22/h1-7,9-10,13-14,18-19H,8,11-12,15-17H2,(H,29,32)(H,30,33). The van der Waals surface area contributed by atoms with Crippen LogP contribution in [0.3, 0.4) is 0 Å². The maximum absolute atomic E-state index is 12.6. The van der Waals surface area contributed by atoms with Crippen molar-refractivity contribution in [1.82, 2.24) is 10.3 Å². The van der Waals surface area contributed by atoms with Crippen LogP contribution in [0.15, 0.2) is 73.1 Å². The number of carbonyl (C=O) groups is 2. The average molecular weight is 463 g/mol. The third-order valence-corrected chi connectivity index (χ3v) is 6.31. The third kappa shape index (κ3) is 6.11. The molecule has 1 aromatic heterocycles. The number of rotatable bonds is 7. The normalized spacial score (nSPS) is 14.0. The van der Waals surface area contributed by atoms with Crippen LogP contribution in [0.5, 0.6) is 0 Å². The van der Waals surface area contributed by atoms with E-state index in [4.69, 9.17) is 11.6 Å². The van der Waals surface area contributed by atoms with Crippen LogP contribution in [-0.4, -0.2) is 36.4 Å². The van der Waals surface area contributed by atoms with Crippen LogP contribution in [0, 0.1) is 5.92 Å². The molecule has 0 bridgehead atoms. The molecular formula is C26H27ClN4O2. The van der Waals surface area contributed by atoms with Gasteiger partial charge in [0, 0.05) is 49.0 Å². The van der Waals surface area contributed by atoms with Gasteiger partial charge >= 0.3 is 0 Å². The van der Waals surface area contributed by atoms with Gasteiger partial charge in [-0.3, -0.25) is 14.6 Å². The summed E-state index contributed by atoms with van der Waals surface area (Å²) in [6.45, 7) is 2.68. The number of anilines is 2. The zero-order valence-electron chi connectivity index (χ0n) is 18.3. The molecule has 0 unspecified atom stereocenters. The van der Waals surface area contributed by atoms with Gasteiger partial charge in [-0.1, -0.05) is 29.8 Å². The number of carbonyl (C=O) groups excluding carboxylic acids is 2. The smallest absolute Gasteiger partial charge is 0.257 e. The molecule has 0 spiro atoms. The van der Waals surface area contributed by atoms with E-state index >= 15 is 0 Å². The number of amides is 2. The summed E-state index contributed by atoms with van der Waals surface area (Å²) >= 11 is 6.10. The average Bonchev–Trinajstić information content (AvgIpc) is 2.85. The van der Waals surface area contributed by atoms with Crippen LogP contribution in [0.25, 0.3) is 0 Å². The van der Waals surface area contributed by atoms with Gasteiger partial charge < -0.3 is 15.5 Å². The molecule has 3 aromatic rings. The summed E-state index contributed by atoms with van der Waals surface area (Å²) in [5.74, 6) is 0.152. The lowest BCUT2D eigenvalue weighted by Gasteiger charge is -2.33. The number of pyridine rings is 1. The number of aromatic nitrogens is 1. The summed E-state index contributed by atoms with van der Waals surface area (Å²) in [5, 5.41) is 6.21. The Kier molecular flexibility index (Phi) is 7.58. The van der Waals surface area contributed by atoms with Crippen LogP contribution < -0.4 is 15.5 Å². The van der Waals surface area contributed by atoms with E-state index < -0.39 is 0 Å². The van der Waals surface area contributed by atoms with Crippen molar-refractivity contribution in [2.75, 3.05) is 29.9 Å². The lowest BCUT2D eigenvalue weighted by molar-refractivity contribution is 0.0949. The van der Waals surface area contributed by atoms with E-state index in [9.17, 15) is 9.59 Å². The molecule has 0 saturated carbocycles. The monoisotopic (exact) mass is 462 g/mol. The lowest BCUT2D eigenvalue weighted by Crippen LogP contribution is -2.35. The molecule has 4 rings (SSSR count). The number of hydrogen-bond donors (Lipinski definition) is 2. The van der Waals surface area contributed by atoms with E-state index in [0.29, 0.717) is 34.3 Å². The Morgan fingerprint density at radius 3 is 2.48 bits per heavy atom. The molecule has 0 aliphatic carbocycles. The SMILES string of the molecule is O=C(NCCC1CCN(c2ccncc2)CC1)c1cccc(NC(=O)c2ccccc2Cl)c1. The van der Waals surface area contributed by atoms with Gasteiger partial charge in [0.05, 0.1) is 10.6 Å². The molecule has 33 heavy (non-hydrogen) atoms. The van der Waals surface area contributed by atoms with E-state index in [1.54, 1.807) is 48.5 Å². The predicted octanol–water partition coefficient (Wildman–Crippen LogP) is 5.02. The minimum atomic E-state index is -0.309. The number of piperidine rings is 1. The van der Waals surface area contributed by atoms with E-state index in [-0.39, 0.29) is 11.8 Å². The fraction of sp³-hybridized carbons (Fsp3) is 0.269. The second-order valence-electron chi connectivity index (χ2n) is 8.20. The molecule has 1 aliphatic heterocycles. The van der Waals surface area contributed by atoms with Crippen LogP contribution in [0.4, 0.5) is 11.4 Å². The van der Waals surface area contributed by atoms with Gasteiger partial charge in [-0.2, -0.15) is 0 Å². The molecule has 2 N–H and O–H groups in total. The van der Waals surface area contributed by atoms with Crippen LogP contribution in [0.1, 0.15) is 40.0 Å². The van der Waals surface area contributed by atoms with E-state index in [1.807, 2.05) is 24.5 Å². The highest BCUT2D eigenvalue weighted by Crippen LogP contribution is 2.24. The molecule has 2 aromatic carbocycles. The number of hydrogen-bond acceptors (Lipinski definition) is 4. The second kappa shape index (κ2) is 11.0. The summed E-state index contributed by atoms with van der Waals surface area (Å²) in [4.78, 5) is 31.6. The molecule has 0 atom stereocenters. The van der Waals surface area contributed by atoms with Crippen molar-refractivity contribution < 1.29 is 9.59 Å². The van der Waals surface area contributed by atoms with Gasteiger partial charge in [-0.25, -0.2) is 0 Å².